The van der Waals surface area contributed by atoms with Crippen LogP contribution in [0.3, 0.4) is 0 Å². The van der Waals surface area contributed by atoms with Gasteiger partial charge in [-0.15, -0.1) is 0 Å². The van der Waals surface area contributed by atoms with Crippen LogP contribution in [-0.2, 0) is 14.4 Å². The lowest BCUT2D eigenvalue weighted by Gasteiger charge is -2.13. The lowest BCUT2D eigenvalue weighted by Crippen LogP contribution is -2.41. The van der Waals surface area contributed by atoms with Crippen LogP contribution in [0.15, 0.2) is 41.5 Å². The van der Waals surface area contributed by atoms with Crippen LogP contribution in [-0.4, -0.2) is 43.2 Å². The van der Waals surface area contributed by atoms with Crippen LogP contribution < -0.4 is 25.5 Å². The van der Waals surface area contributed by atoms with E-state index < -0.39 is 11.8 Å². The van der Waals surface area contributed by atoms with Crippen molar-refractivity contribution in [2.45, 2.75) is 40.7 Å². The Morgan fingerprint density at radius 3 is 2.39 bits per heavy atom. The normalized spacial score (nSPS) is 10.7. The Labute approximate surface area is 193 Å². The summed E-state index contributed by atoms with van der Waals surface area (Å²) < 4.78 is 11.2. The maximum Gasteiger partial charge on any atom is 0.329 e. The molecule has 0 radical (unpaired) electrons. The fraction of sp³-hybridized carbons (Fsp3) is 0.333. The van der Waals surface area contributed by atoms with E-state index in [2.05, 4.69) is 21.2 Å². The lowest BCUT2D eigenvalue weighted by molar-refractivity contribution is -0.139. The molecule has 2 aromatic rings. The van der Waals surface area contributed by atoms with Crippen molar-refractivity contribution in [3.63, 3.8) is 0 Å². The van der Waals surface area contributed by atoms with Gasteiger partial charge in [-0.25, -0.2) is 5.43 Å². The van der Waals surface area contributed by atoms with E-state index in [0.717, 1.165) is 11.1 Å². The first kappa shape index (κ1) is 25.4. The topological polar surface area (TPSA) is 118 Å². The van der Waals surface area contributed by atoms with Crippen molar-refractivity contribution in [3.05, 3.63) is 53.1 Å². The maximum atomic E-state index is 12.3. The zero-order chi connectivity index (χ0) is 24.4. The van der Waals surface area contributed by atoms with Gasteiger partial charge in [0.05, 0.1) is 12.8 Å². The number of aryl methyl sites for hydroxylation is 2. The van der Waals surface area contributed by atoms with Crippen molar-refractivity contribution >= 4 is 29.6 Å². The molecule has 33 heavy (non-hydrogen) atoms. The first-order valence-electron chi connectivity index (χ1n) is 10.6. The molecule has 0 heterocycles. The fourth-order valence-electron chi connectivity index (χ4n) is 2.70. The molecule has 0 unspecified atom stereocenters. The van der Waals surface area contributed by atoms with Crippen LogP contribution in [0, 0.1) is 13.8 Å². The maximum absolute atomic E-state index is 12.3. The Hall–Kier alpha value is -3.88. The van der Waals surface area contributed by atoms with Crippen molar-refractivity contribution in [3.8, 4) is 11.5 Å². The Kier molecular flexibility index (Phi) is 9.41. The largest absolute Gasteiger partial charge is 0.490 e. The fourth-order valence-corrected chi connectivity index (χ4v) is 2.70. The van der Waals surface area contributed by atoms with Gasteiger partial charge in [-0.2, -0.15) is 5.10 Å². The molecule has 2 rings (SSSR count). The van der Waals surface area contributed by atoms with Crippen LogP contribution in [0.1, 0.15) is 37.5 Å². The second kappa shape index (κ2) is 12.2. The lowest BCUT2D eigenvalue weighted by atomic mass is 10.1. The highest BCUT2D eigenvalue weighted by molar-refractivity contribution is 6.35. The second-order valence-electron chi connectivity index (χ2n) is 7.60. The van der Waals surface area contributed by atoms with Gasteiger partial charge in [-0.05, 0) is 81.6 Å². The van der Waals surface area contributed by atoms with Crippen LogP contribution in [0.25, 0.3) is 0 Å². The van der Waals surface area contributed by atoms with E-state index in [4.69, 9.17) is 9.47 Å². The highest BCUT2D eigenvalue weighted by Crippen LogP contribution is 2.28. The standard InChI is InChI=1S/C24H30N4O5/c1-6-32-21-12-18(13-25-28-24(31)23(30)26-15(2)3)8-10-20(21)33-14-22(29)27-19-9-7-16(4)17(5)11-19/h7-13,15H,6,14H2,1-5H3,(H,26,30)(H,27,29)(H,28,31)/b25-13-. The monoisotopic (exact) mass is 454 g/mol. The van der Waals surface area contributed by atoms with Gasteiger partial charge in [-0.3, -0.25) is 14.4 Å². The van der Waals surface area contributed by atoms with E-state index in [0.29, 0.717) is 29.4 Å². The molecule has 0 aliphatic rings. The molecule has 0 atom stereocenters. The average molecular weight is 455 g/mol. The van der Waals surface area contributed by atoms with Crippen LogP contribution >= 0.6 is 0 Å². The van der Waals surface area contributed by atoms with Gasteiger partial charge >= 0.3 is 11.8 Å². The molecular formula is C24H30N4O5. The van der Waals surface area contributed by atoms with Crippen LogP contribution in [0.5, 0.6) is 11.5 Å². The van der Waals surface area contributed by atoms with E-state index in [1.807, 2.05) is 39.0 Å². The van der Waals surface area contributed by atoms with Gasteiger partial charge in [0.15, 0.2) is 18.1 Å². The number of nitrogens with zero attached hydrogens (tertiary/aromatic N) is 1. The minimum Gasteiger partial charge on any atom is -0.490 e. The molecule has 176 valence electrons. The highest BCUT2D eigenvalue weighted by atomic mass is 16.5. The van der Waals surface area contributed by atoms with Gasteiger partial charge in [0.1, 0.15) is 0 Å². The Bertz CT molecular complexity index is 1030. The number of anilines is 1. The van der Waals surface area contributed by atoms with E-state index >= 15 is 0 Å². The molecule has 2 aromatic carbocycles. The quantitative estimate of drug-likeness (QED) is 0.306. The van der Waals surface area contributed by atoms with Gasteiger partial charge in [0.2, 0.25) is 0 Å². The number of ether oxygens (including phenoxy) is 2. The number of hydrogen-bond acceptors (Lipinski definition) is 6. The second-order valence-corrected chi connectivity index (χ2v) is 7.60. The third kappa shape index (κ3) is 8.29. The number of hydrogen-bond donors (Lipinski definition) is 3. The third-order valence-electron chi connectivity index (χ3n) is 4.42. The molecule has 9 heteroatoms. The number of benzene rings is 2. The number of rotatable bonds is 9. The summed E-state index contributed by atoms with van der Waals surface area (Å²) in [4.78, 5) is 35.5. The SMILES string of the molecule is CCOc1cc(/C=N\NC(=O)C(=O)NC(C)C)ccc1OCC(=O)Nc1ccc(C)c(C)c1. The number of nitrogens with one attached hydrogen (secondary N) is 3. The van der Waals surface area contributed by atoms with E-state index in [1.54, 1.807) is 32.0 Å². The molecule has 0 saturated heterocycles. The molecule has 3 amide bonds. The summed E-state index contributed by atoms with van der Waals surface area (Å²) >= 11 is 0. The van der Waals surface area contributed by atoms with Gasteiger partial charge in [-0.1, -0.05) is 6.07 Å². The summed E-state index contributed by atoms with van der Waals surface area (Å²) in [6.07, 6.45) is 1.37. The molecule has 9 nitrogen and oxygen atoms in total. The summed E-state index contributed by atoms with van der Waals surface area (Å²) in [7, 11) is 0. The molecule has 3 N–H and O–H groups in total. The summed E-state index contributed by atoms with van der Waals surface area (Å²) in [5.41, 5.74) is 5.70. The van der Waals surface area contributed by atoms with Crippen molar-refractivity contribution in [2.75, 3.05) is 18.5 Å². The van der Waals surface area contributed by atoms with Crippen molar-refractivity contribution < 1.29 is 23.9 Å². The molecule has 0 fully saturated rings. The Morgan fingerprint density at radius 2 is 1.73 bits per heavy atom. The van der Waals surface area contributed by atoms with Crippen molar-refractivity contribution in [2.24, 2.45) is 5.10 Å². The highest BCUT2D eigenvalue weighted by Gasteiger charge is 2.13. The number of carbonyl (C=O) groups excluding carboxylic acids is 3. The summed E-state index contributed by atoms with van der Waals surface area (Å²) in [6.45, 7) is 9.50. The zero-order valence-corrected chi connectivity index (χ0v) is 19.5. The first-order valence-corrected chi connectivity index (χ1v) is 10.6. The first-order chi connectivity index (χ1) is 15.7. The van der Waals surface area contributed by atoms with Crippen LogP contribution in [0.4, 0.5) is 5.69 Å². The third-order valence-corrected chi connectivity index (χ3v) is 4.42. The summed E-state index contributed by atoms with van der Waals surface area (Å²) in [6, 6.07) is 10.5. The van der Waals surface area contributed by atoms with E-state index in [9.17, 15) is 14.4 Å². The van der Waals surface area contributed by atoms with Gasteiger partial charge in [0.25, 0.3) is 5.91 Å². The van der Waals surface area contributed by atoms with Crippen molar-refractivity contribution in [1.29, 1.82) is 0 Å². The van der Waals surface area contributed by atoms with Crippen LogP contribution in [0.2, 0.25) is 0 Å². The van der Waals surface area contributed by atoms with E-state index in [1.165, 1.54) is 6.21 Å². The number of hydrazone groups is 1. The summed E-state index contributed by atoms with van der Waals surface area (Å²) in [5.74, 6) is -1.11. The minimum atomic E-state index is -0.861. The zero-order valence-electron chi connectivity index (χ0n) is 19.5. The molecule has 0 aromatic heterocycles. The Balaban J connectivity index is 1.98. The Morgan fingerprint density at radius 1 is 0.970 bits per heavy atom. The molecule has 0 aliphatic heterocycles. The predicted octanol–water partition coefficient (Wildman–Crippen LogP) is 2.69. The number of carbonyl (C=O) groups is 3. The number of amides is 3. The summed E-state index contributed by atoms with van der Waals surface area (Å²) in [5, 5.41) is 9.07. The van der Waals surface area contributed by atoms with Gasteiger partial charge < -0.3 is 20.1 Å². The minimum absolute atomic E-state index is 0.156. The molecule has 0 bridgehead atoms. The molecular weight excluding hydrogens is 424 g/mol. The molecule has 0 spiro atoms. The predicted molar refractivity (Wildman–Crippen MR) is 127 cm³/mol. The average Bonchev–Trinajstić information content (AvgIpc) is 2.75. The smallest absolute Gasteiger partial charge is 0.329 e. The van der Waals surface area contributed by atoms with Gasteiger partial charge in [0, 0.05) is 11.7 Å². The van der Waals surface area contributed by atoms with E-state index in [-0.39, 0.29) is 18.6 Å². The molecule has 0 aliphatic carbocycles. The molecule has 0 saturated carbocycles. The van der Waals surface area contributed by atoms with Crippen molar-refractivity contribution in [1.82, 2.24) is 10.7 Å².